The summed E-state index contributed by atoms with van der Waals surface area (Å²) in [5, 5.41) is 0. The van der Waals surface area contributed by atoms with Crippen LogP contribution in [0.1, 0.15) is 10.4 Å². The zero-order chi connectivity index (χ0) is 16.1. The SMILES string of the molecule is COC(=O)C(=O)c1cc(-c2ccc(OC)cc2)ccc1OC. The lowest BCUT2D eigenvalue weighted by molar-refractivity contribution is -0.135. The Balaban J connectivity index is 2.45. The number of esters is 1. The standard InChI is InChI=1S/C17H16O5/c1-20-13-7-4-11(5-8-13)12-6-9-15(21-2)14(10-12)16(18)17(19)22-3/h4-10H,1-3H3. The van der Waals surface area contributed by atoms with Gasteiger partial charge in [0.25, 0.3) is 5.78 Å². The number of hydrogen-bond acceptors (Lipinski definition) is 5. The molecule has 5 heteroatoms. The number of Topliss-reactive ketones (excluding diaryl/α,β-unsaturated/α-hetero) is 1. The van der Waals surface area contributed by atoms with Crippen molar-refractivity contribution in [3.63, 3.8) is 0 Å². The van der Waals surface area contributed by atoms with Crippen molar-refractivity contribution in [1.82, 2.24) is 0 Å². The minimum atomic E-state index is -0.926. The van der Waals surface area contributed by atoms with Gasteiger partial charge in [0, 0.05) is 0 Å². The highest BCUT2D eigenvalue weighted by Crippen LogP contribution is 2.28. The summed E-state index contributed by atoms with van der Waals surface area (Å²) in [7, 11) is 4.20. The summed E-state index contributed by atoms with van der Waals surface area (Å²) in [5.74, 6) is -0.601. The molecule has 0 saturated heterocycles. The summed E-state index contributed by atoms with van der Waals surface area (Å²) < 4.78 is 14.7. The quantitative estimate of drug-likeness (QED) is 0.482. The van der Waals surface area contributed by atoms with E-state index in [2.05, 4.69) is 4.74 Å². The second-order valence-electron chi connectivity index (χ2n) is 4.46. The lowest BCUT2D eigenvalue weighted by atomic mass is 10.00. The van der Waals surface area contributed by atoms with Crippen molar-refractivity contribution >= 4 is 11.8 Å². The van der Waals surface area contributed by atoms with Crippen LogP contribution < -0.4 is 9.47 Å². The van der Waals surface area contributed by atoms with Gasteiger partial charge in [-0.3, -0.25) is 4.79 Å². The van der Waals surface area contributed by atoms with Gasteiger partial charge < -0.3 is 14.2 Å². The van der Waals surface area contributed by atoms with E-state index in [0.29, 0.717) is 5.75 Å². The number of rotatable bonds is 5. The molecule has 0 aliphatic heterocycles. The van der Waals surface area contributed by atoms with Crippen molar-refractivity contribution in [2.24, 2.45) is 0 Å². The molecule has 0 bridgehead atoms. The Bertz CT molecular complexity index is 689. The van der Waals surface area contributed by atoms with E-state index in [4.69, 9.17) is 9.47 Å². The molecule has 0 unspecified atom stereocenters. The van der Waals surface area contributed by atoms with Gasteiger partial charge in [0.05, 0.1) is 26.9 Å². The second-order valence-corrected chi connectivity index (χ2v) is 4.46. The molecule has 0 atom stereocenters. The van der Waals surface area contributed by atoms with Crippen LogP contribution in [0.15, 0.2) is 42.5 Å². The summed E-state index contributed by atoms with van der Waals surface area (Å²) in [6.07, 6.45) is 0. The number of carbonyl (C=O) groups is 2. The number of ketones is 1. The Labute approximate surface area is 128 Å². The van der Waals surface area contributed by atoms with Crippen LogP contribution in [0.3, 0.4) is 0 Å². The van der Waals surface area contributed by atoms with Gasteiger partial charge in [-0.25, -0.2) is 4.79 Å². The van der Waals surface area contributed by atoms with Gasteiger partial charge in [-0.15, -0.1) is 0 Å². The molecule has 0 fully saturated rings. The highest BCUT2D eigenvalue weighted by molar-refractivity contribution is 6.41. The molecule has 0 aliphatic carbocycles. The molecule has 0 radical (unpaired) electrons. The van der Waals surface area contributed by atoms with Crippen molar-refractivity contribution in [2.75, 3.05) is 21.3 Å². The molecule has 22 heavy (non-hydrogen) atoms. The molecule has 5 nitrogen and oxygen atoms in total. The molecule has 0 aliphatic rings. The van der Waals surface area contributed by atoms with E-state index < -0.39 is 11.8 Å². The van der Waals surface area contributed by atoms with E-state index in [0.717, 1.165) is 16.9 Å². The van der Waals surface area contributed by atoms with Crippen LogP contribution in [0.4, 0.5) is 0 Å². The lowest BCUT2D eigenvalue weighted by Crippen LogP contribution is -2.16. The van der Waals surface area contributed by atoms with E-state index >= 15 is 0 Å². The summed E-state index contributed by atoms with van der Waals surface area (Å²) >= 11 is 0. The second kappa shape index (κ2) is 6.76. The van der Waals surface area contributed by atoms with Crippen LogP contribution in [0.2, 0.25) is 0 Å². The maximum Gasteiger partial charge on any atom is 0.379 e. The molecule has 0 N–H and O–H groups in total. The van der Waals surface area contributed by atoms with Crippen LogP contribution >= 0.6 is 0 Å². The zero-order valence-corrected chi connectivity index (χ0v) is 12.6. The smallest absolute Gasteiger partial charge is 0.379 e. The van der Waals surface area contributed by atoms with E-state index in [1.54, 1.807) is 19.2 Å². The maximum absolute atomic E-state index is 12.1. The summed E-state index contributed by atoms with van der Waals surface area (Å²) in [6.45, 7) is 0. The molecule has 114 valence electrons. The van der Waals surface area contributed by atoms with Crippen molar-refractivity contribution < 1.29 is 23.8 Å². The minimum Gasteiger partial charge on any atom is -0.497 e. The summed E-state index contributed by atoms with van der Waals surface area (Å²) in [4.78, 5) is 23.5. The Morgan fingerprint density at radius 1 is 0.818 bits per heavy atom. The maximum atomic E-state index is 12.1. The first-order valence-corrected chi connectivity index (χ1v) is 6.55. The fraction of sp³-hybridized carbons (Fsp3) is 0.176. The molecule has 0 heterocycles. The number of carbonyl (C=O) groups excluding carboxylic acids is 2. The first-order chi connectivity index (χ1) is 10.6. The normalized spacial score (nSPS) is 9.95. The molecule has 0 aromatic heterocycles. The average molecular weight is 300 g/mol. The fourth-order valence-corrected chi connectivity index (χ4v) is 2.05. The average Bonchev–Trinajstić information content (AvgIpc) is 2.59. The van der Waals surface area contributed by atoms with E-state index in [-0.39, 0.29) is 5.56 Å². The van der Waals surface area contributed by atoms with Crippen molar-refractivity contribution in [3.05, 3.63) is 48.0 Å². The van der Waals surface area contributed by atoms with Gasteiger partial charge in [-0.05, 0) is 35.4 Å². The fourth-order valence-electron chi connectivity index (χ4n) is 2.05. The Kier molecular flexibility index (Phi) is 4.78. The lowest BCUT2D eigenvalue weighted by Gasteiger charge is -2.10. The van der Waals surface area contributed by atoms with Gasteiger partial charge in [-0.1, -0.05) is 18.2 Å². The number of methoxy groups -OCH3 is 3. The predicted octanol–water partition coefficient (Wildman–Crippen LogP) is 2.73. The molecule has 0 saturated carbocycles. The van der Waals surface area contributed by atoms with Crippen LogP contribution in [-0.2, 0) is 9.53 Å². The van der Waals surface area contributed by atoms with Crippen LogP contribution in [-0.4, -0.2) is 33.1 Å². The highest BCUT2D eigenvalue weighted by Gasteiger charge is 2.21. The Hall–Kier alpha value is -2.82. The third-order valence-corrected chi connectivity index (χ3v) is 3.24. The topological polar surface area (TPSA) is 61.8 Å². The van der Waals surface area contributed by atoms with Gasteiger partial charge in [0.2, 0.25) is 0 Å². The largest absolute Gasteiger partial charge is 0.497 e. The molecule has 0 amide bonds. The van der Waals surface area contributed by atoms with Crippen molar-refractivity contribution in [1.29, 1.82) is 0 Å². The Morgan fingerprint density at radius 2 is 1.45 bits per heavy atom. The Morgan fingerprint density at radius 3 is 2.00 bits per heavy atom. The number of ether oxygens (including phenoxy) is 3. The van der Waals surface area contributed by atoms with Crippen molar-refractivity contribution in [3.8, 4) is 22.6 Å². The predicted molar refractivity (Wildman–Crippen MR) is 81.3 cm³/mol. The third kappa shape index (κ3) is 3.09. The minimum absolute atomic E-state index is 0.169. The van der Waals surface area contributed by atoms with E-state index in [1.165, 1.54) is 14.2 Å². The summed E-state index contributed by atoms with van der Waals surface area (Å²) in [6, 6.07) is 12.5. The van der Waals surface area contributed by atoms with Gasteiger partial charge >= 0.3 is 5.97 Å². The molecular weight excluding hydrogens is 284 g/mol. The first kappa shape index (κ1) is 15.6. The van der Waals surface area contributed by atoms with Crippen LogP contribution in [0, 0.1) is 0 Å². The molecule has 2 rings (SSSR count). The number of benzene rings is 2. The van der Waals surface area contributed by atoms with Gasteiger partial charge in [-0.2, -0.15) is 0 Å². The van der Waals surface area contributed by atoms with Crippen LogP contribution in [0.25, 0.3) is 11.1 Å². The first-order valence-electron chi connectivity index (χ1n) is 6.55. The monoisotopic (exact) mass is 300 g/mol. The van der Waals surface area contributed by atoms with Gasteiger partial charge in [0.15, 0.2) is 0 Å². The molecular formula is C17H16O5. The highest BCUT2D eigenvalue weighted by atomic mass is 16.5. The third-order valence-electron chi connectivity index (χ3n) is 3.24. The van der Waals surface area contributed by atoms with Crippen LogP contribution in [0.5, 0.6) is 11.5 Å². The van der Waals surface area contributed by atoms with E-state index in [1.807, 2.05) is 30.3 Å². The summed E-state index contributed by atoms with van der Waals surface area (Å²) in [5.41, 5.74) is 1.85. The molecule has 0 spiro atoms. The van der Waals surface area contributed by atoms with Crippen molar-refractivity contribution in [2.45, 2.75) is 0 Å². The number of hydrogen-bond donors (Lipinski definition) is 0. The molecule has 2 aromatic carbocycles. The van der Waals surface area contributed by atoms with Gasteiger partial charge in [0.1, 0.15) is 11.5 Å². The molecule has 2 aromatic rings. The zero-order valence-electron chi connectivity index (χ0n) is 12.6. The van der Waals surface area contributed by atoms with E-state index in [9.17, 15) is 9.59 Å².